The fourth-order valence-corrected chi connectivity index (χ4v) is 3.44. The van der Waals surface area contributed by atoms with Crippen LogP contribution in [0.5, 0.6) is 0 Å². The van der Waals surface area contributed by atoms with Crippen LogP contribution >= 0.6 is 0 Å². The second kappa shape index (κ2) is 5.78. The van der Waals surface area contributed by atoms with Gasteiger partial charge >= 0.3 is 6.18 Å². The minimum Gasteiger partial charge on any atom is -0.310 e. The average Bonchev–Trinajstić information content (AvgIpc) is 2.68. The molecule has 3 unspecified atom stereocenters. The van der Waals surface area contributed by atoms with Crippen LogP contribution in [-0.2, 0) is 0 Å². The fourth-order valence-electron chi connectivity index (χ4n) is 3.44. The van der Waals surface area contributed by atoms with Gasteiger partial charge in [-0.3, -0.25) is 4.90 Å². The van der Waals surface area contributed by atoms with Gasteiger partial charge in [0.25, 0.3) is 0 Å². The molecule has 0 aromatic heterocycles. The highest BCUT2D eigenvalue weighted by atomic mass is 19.4. The highest BCUT2D eigenvalue weighted by Crippen LogP contribution is 2.33. The van der Waals surface area contributed by atoms with Gasteiger partial charge in [-0.05, 0) is 31.7 Å². The smallest absolute Gasteiger partial charge is 0.310 e. The van der Waals surface area contributed by atoms with Gasteiger partial charge in [0.15, 0.2) is 0 Å². The summed E-state index contributed by atoms with van der Waals surface area (Å²) in [7, 11) is 0. The Kier molecular flexibility index (Phi) is 4.54. The lowest BCUT2D eigenvalue weighted by atomic mass is 9.85. The van der Waals surface area contributed by atoms with Crippen molar-refractivity contribution in [2.24, 2.45) is 5.92 Å². The molecule has 2 aliphatic rings. The summed E-state index contributed by atoms with van der Waals surface area (Å²) in [5, 5.41) is 3.53. The summed E-state index contributed by atoms with van der Waals surface area (Å²) < 4.78 is 37.2. The van der Waals surface area contributed by atoms with Crippen LogP contribution in [0.25, 0.3) is 0 Å². The first-order valence-electron chi connectivity index (χ1n) is 7.03. The molecule has 2 rings (SSSR count). The van der Waals surface area contributed by atoms with E-state index < -0.39 is 12.7 Å². The summed E-state index contributed by atoms with van der Waals surface area (Å²) in [4.78, 5) is 1.51. The van der Waals surface area contributed by atoms with Crippen LogP contribution in [0, 0.1) is 5.92 Å². The summed E-state index contributed by atoms with van der Waals surface area (Å²) >= 11 is 0. The fraction of sp³-hybridized carbons (Fsp3) is 1.00. The second-order valence-electron chi connectivity index (χ2n) is 5.69. The molecule has 1 aliphatic heterocycles. The lowest BCUT2D eigenvalue weighted by Crippen LogP contribution is -2.43. The number of rotatable bonds is 4. The Balaban J connectivity index is 1.81. The van der Waals surface area contributed by atoms with Crippen molar-refractivity contribution in [3.05, 3.63) is 0 Å². The number of hydrogen-bond donors (Lipinski definition) is 1. The van der Waals surface area contributed by atoms with Gasteiger partial charge in [-0.15, -0.1) is 0 Å². The van der Waals surface area contributed by atoms with E-state index >= 15 is 0 Å². The zero-order valence-electron chi connectivity index (χ0n) is 11.0. The van der Waals surface area contributed by atoms with Crippen molar-refractivity contribution in [1.29, 1.82) is 0 Å². The molecule has 2 nitrogen and oxygen atoms in total. The van der Waals surface area contributed by atoms with E-state index in [0.29, 0.717) is 25.0 Å². The Labute approximate surface area is 107 Å². The van der Waals surface area contributed by atoms with Crippen LogP contribution in [0.15, 0.2) is 0 Å². The van der Waals surface area contributed by atoms with Crippen LogP contribution in [0.4, 0.5) is 13.2 Å². The van der Waals surface area contributed by atoms with Gasteiger partial charge in [0, 0.05) is 18.6 Å². The first-order valence-corrected chi connectivity index (χ1v) is 7.03. The van der Waals surface area contributed by atoms with Crippen molar-refractivity contribution in [1.82, 2.24) is 10.2 Å². The molecule has 0 spiro atoms. The minimum absolute atomic E-state index is 0.250. The first-order chi connectivity index (χ1) is 8.48. The van der Waals surface area contributed by atoms with Crippen LogP contribution in [0.1, 0.15) is 39.0 Å². The van der Waals surface area contributed by atoms with Crippen LogP contribution in [-0.4, -0.2) is 42.8 Å². The van der Waals surface area contributed by atoms with Gasteiger partial charge in [0.2, 0.25) is 0 Å². The molecule has 0 aromatic carbocycles. The van der Waals surface area contributed by atoms with E-state index in [-0.39, 0.29) is 6.04 Å². The topological polar surface area (TPSA) is 15.3 Å². The van der Waals surface area contributed by atoms with E-state index in [1.54, 1.807) is 6.92 Å². The van der Waals surface area contributed by atoms with Crippen LogP contribution in [0.3, 0.4) is 0 Å². The quantitative estimate of drug-likeness (QED) is 0.840. The number of nitrogens with zero attached hydrogens (tertiary/aromatic N) is 1. The number of alkyl halides is 3. The van der Waals surface area contributed by atoms with E-state index in [9.17, 15) is 13.2 Å². The predicted molar refractivity (Wildman–Crippen MR) is 65.5 cm³/mol. The third-order valence-electron chi connectivity index (χ3n) is 4.27. The average molecular weight is 264 g/mol. The SMILES string of the molecule is CCN(CC1CC2CCCCC2N1)CC(F)(F)F. The Morgan fingerprint density at radius 1 is 1.22 bits per heavy atom. The number of halogens is 3. The molecule has 1 N–H and O–H groups in total. The molecule has 1 saturated heterocycles. The highest BCUT2D eigenvalue weighted by Gasteiger charge is 2.37. The van der Waals surface area contributed by atoms with E-state index in [0.717, 1.165) is 6.42 Å². The third-order valence-corrected chi connectivity index (χ3v) is 4.27. The molecule has 0 bridgehead atoms. The van der Waals surface area contributed by atoms with Gasteiger partial charge in [0.05, 0.1) is 6.54 Å². The monoisotopic (exact) mass is 264 g/mol. The Hall–Kier alpha value is -0.290. The molecule has 5 heteroatoms. The van der Waals surface area contributed by atoms with E-state index in [1.807, 2.05) is 0 Å². The van der Waals surface area contributed by atoms with Crippen molar-refractivity contribution < 1.29 is 13.2 Å². The Bertz CT molecular complexity index is 253. The Morgan fingerprint density at radius 2 is 1.94 bits per heavy atom. The third kappa shape index (κ3) is 3.85. The van der Waals surface area contributed by atoms with E-state index in [1.165, 1.54) is 30.6 Å². The molecule has 3 atom stereocenters. The molecule has 1 saturated carbocycles. The summed E-state index contributed by atoms with van der Waals surface area (Å²) in [6, 6.07) is 0.814. The number of fused-ring (bicyclic) bond motifs is 1. The molecule has 1 heterocycles. The summed E-state index contributed by atoms with van der Waals surface area (Å²) in [6.07, 6.45) is 1.98. The predicted octanol–water partition coefficient (Wildman–Crippen LogP) is 2.79. The molecule has 18 heavy (non-hydrogen) atoms. The minimum atomic E-state index is -4.08. The van der Waals surface area contributed by atoms with Gasteiger partial charge in [-0.1, -0.05) is 19.8 Å². The maximum absolute atomic E-state index is 12.4. The standard InChI is InChI=1S/C13H23F3N2/c1-2-18(9-13(14,15)16)8-11-7-10-5-3-4-6-12(10)17-11/h10-12,17H,2-9H2,1H3. The molecule has 106 valence electrons. The van der Waals surface area contributed by atoms with Crippen molar-refractivity contribution in [2.75, 3.05) is 19.6 Å². The molecule has 0 aromatic rings. The summed E-state index contributed by atoms with van der Waals surface area (Å²) in [5.41, 5.74) is 0. The number of nitrogens with one attached hydrogen (secondary N) is 1. The molecule has 0 radical (unpaired) electrons. The summed E-state index contributed by atoms with van der Waals surface area (Å²) in [5.74, 6) is 0.702. The summed E-state index contributed by atoms with van der Waals surface area (Å²) in [6.45, 7) is 2.01. The lowest BCUT2D eigenvalue weighted by Gasteiger charge is -2.26. The normalized spacial score (nSPS) is 32.8. The molecule has 2 fully saturated rings. The largest absolute Gasteiger partial charge is 0.401 e. The zero-order valence-corrected chi connectivity index (χ0v) is 11.0. The molecular weight excluding hydrogens is 241 g/mol. The van der Waals surface area contributed by atoms with Crippen molar-refractivity contribution >= 4 is 0 Å². The molecule has 0 amide bonds. The second-order valence-corrected chi connectivity index (χ2v) is 5.69. The van der Waals surface area contributed by atoms with Crippen LogP contribution in [0.2, 0.25) is 0 Å². The maximum atomic E-state index is 12.4. The van der Waals surface area contributed by atoms with Crippen molar-refractivity contribution in [2.45, 2.75) is 57.3 Å². The van der Waals surface area contributed by atoms with Crippen molar-refractivity contribution in [3.63, 3.8) is 0 Å². The Morgan fingerprint density at radius 3 is 2.56 bits per heavy atom. The number of likely N-dealkylation sites (N-methyl/N-ethyl adjacent to an activating group) is 1. The highest BCUT2D eigenvalue weighted by molar-refractivity contribution is 4.94. The van der Waals surface area contributed by atoms with Crippen LogP contribution < -0.4 is 5.32 Å². The zero-order chi connectivity index (χ0) is 13.2. The van der Waals surface area contributed by atoms with Gasteiger partial charge < -0.3 is 5.32 Å². The van der Waals surface area contributed by atoms with Crippen molar-refractivity contribution in [3.8, 4) is 0 Å². The number of hydrogen-bond acceptors (Lipinski definition) is 2. The van der Waals surface area contributed by atoms with E-state index in [4.69, 9.17) is 0 Å². The molecule has 1 aliphatic carbocycles. The molecular formula is C13H23F3N2. The van der Waals surface area contributed by atoms with Gasteiger partial charge in [-0.2, -0.15) is 13.2 Å². The lowest BCUT2D eigenvalue weighted by molar-refractivity contribution is -0.146. The van der Waals surface area contributed by atoms with Gasteiger partial charge in [-0.25, -0.2) is 0 Å². The van der Waals surface area contributed by atoms with E-state index in [2.05, 4.69) is 5.32 Å². The maximum Gasteiger partial charge on any atom is 0.401 e. The first kappa shape index (κ1) is 14.1. The van der Waals surface area contributed by atoms with Gasteiger partial charge in [0.1, 0.15) is 0 Å².